The van der Waals surface area contributed by atoms with Gasteiger partial charge >= 0.3 is 0 Å². The highest BCUT2D eigenvalue weighted by molar-refractivity contribution is 5.80. The first-order valence-corrected chi connectivity index (χ1v) is 5.78. The number of likely N-dealkylation sites (tertiary alicyclic amines) is 1. The van der Waals surface area contributed by atoms with Gasteiger partial charge in [0.1, 0.15) is 0 Å². The minimum absolute atomic E-state index is 0.246. The number of nitrogens with zero attached hydrogens (tertiary/aromatic N) is 1. The van der Waals surface area contributed by atoms with Gasteiger partial charge in [-0.2, -0.15) is 0 Å². The van der Waals surface area contributed by atoms with Crippen molar-refractivity contribution in [1.82, 2.24) is 4.90 Å². The standard InChI is InChI=1S/C13H23NO/c1-10(2)11(9-13(3,4)5)14-8-6-7-12(14)15/h6-9H2,1-5H3. The van der Waals surface area contributed by atoms with Crippen LogP contribution in [0.2, 0.25) is 0 Å². The van der Waals surface area contributed by atoms with Gasteiger partial charge in [0.25, 0.3) is 0 Å². The van der Waals surface area contributed by atoms with Crippen LogP contribution in [-0.2, 0) is 4.79 Å². The molecule has 1 heterocycles. The van der Waals surface area contributed by atoms with Crippen molar-refractivity contribution in [2.45, 2.75) is 53.9 Å². The van der Waals surface area contributed by atoms with Crippen LogP contribution in [-0.4, -0.2) is 17.4 Å². The molecule has 1 amide bonds. The van der Waals surface area contributed by atoms with Crippen molar-refractivity contribution in [3.63, 3.8) is 0 Å². The van der Waals surface area contributed by atoms with Crippen LogP contribution in [0.1, 0.15) is 53.9 Å². The van der Waals surface area contributed by atoms with Crippen LogP contribution in [0.5, 0.6) is 0 Å². The van der Waals surface area contributed by atoms with Gasteiger partial charge in [-0.3, -0.25) is 4.79 Å². The van der Waals surface area contributed by atoms with Crippen LogP contribution >= 0.6 is 0 Å². The molecule has 0 atom stereocenters. The number of hydrogen-bond acceptors (Lipinski definition) is 1. The zero-order chi connectivity index (χ0) is 11.6. The molecule has 0 spiro atoms. The maximum atomic E-state index is 11.7. The Morgan fingerprint density at radius 1 is 1.33 bits per heavy atom. The molecule has 15 heavy (non-hydrogen) atoms. The van der Waals surface area contributed by atoms with Gasteiger partial charge in [-0.05, 0) is 32.1 Å². The lowest BCUT2D eigenvalue weighted by Crippen LogP contribution is -2.27. The van der Waals surface area contributed by atoms with E-state index in [4.69, 9.17) is 0 Å². The summed E-state index contributed by atoms with van der Waals surface area (Å²) in [5.74, 6) is 0.301. The van der Waals surface area contributed by atoms with E-state index in [1.807, 2.05) is 4.90 Å². The van der Waals surface area contributed by atoms with Crippen molar-refractivity contribution < 1.29 is 4.79 Å². The summed E-state index contributed by atoms with van der Waals surface area (Å²) >= 11 is 0. The molecule has 1 saturated heterocycles. The second kappa shape index (κ2) is 4.38. The largest absolute Gasteiger partial charge is 0.316 e. The maximum absolute atomic E-state index is 11.7. The van der Waals surface area contributed by atoms with E-state index in [1.165, 1.54) is 11.3 Å². The third kappa shape index (κ3) is 3.37. The van der Waals surface area contributed by atoms with E-state index in [1.54, 1.807) is 0 Å². The average molecular weight is 209 g/mol. The normalized spacial score (nSPS) is 17.1. The van der Waals surface area contributed by atoms with Gasteiger partial charge in [-0.1, -0.05) is 26.3 Å². The summed E-state index contributed by atoms with van der Waals surface area (Å²) in [4.78, 5) is 13.7. The molecule has 0 aromatic rings. The molecule has 86 valence electrons. The molecule has 0 unspecified atom stereocenters. The zero-order valence-corrected chi connectivity index (χ0v) is 10.7. The quantitative estimate of drug-likeness (QED) is 0.683. The lowest BCUT2D eigenvalue weighted by Gasteiger charge is -2.28. The zero-order valence-electron chi connectivity index (χ0n) is 10.7. The van der Waals surface area contributed by atoms with E-state index < -0.39 is 0 Å². The topological polar surface area (TPSA) is 20.3 Å². The first-order valence-electron chi connectivity index (χ1n) is 5.78. The molecule has 0 aromatic carbocycles. The molecular weight excluding hydrogens is 186 g/mol. The summed E-state index contributed by atoms with van der Waals surface area (Å²) in [6.07, 6.45) is 2.72. The van der Waals surface area contributed by atoms with Crippen LogP contribution in [0.3, 0.4) is 0 Å². The fourth-order valence-corrected chi connectivity index (χ4v) is 1.98. The van der Waals surface area contributed by atoms with E-state index in [9.17, 15) is 4.79 Å². The van der Waals surface area contributed by atoms with Gasteiger partial charge in [0.05, 0.1) is 0 Å². The van der Waals surface area contributed by atoms with Crippen LogP contribution < -0.4 is 0 Å². The van der Waals surface area contributed by atoms with E-state index in [2.05, 4.69) is 34.6 Å². The Hall–Kier alpha value is -0.790. The smallest absolute Gasteiger partial charge is 0.226 e. The Bertz CT molecular complexity index is 279. The first kappa shape index (κ1) is 12.3. The third-order valence-electron chi connectivity index (χ3n) is 2.67. The third-order valence-corrected chi connectivity index (χ3v) is 2.67. The summed E-state index contributed by atoms with van der Waals surface area (Å²) < 4.78 is 0. The summed E-state index contributed by atoms with van der Waals surface area (Å²) in [6, 6.07) is 0. The van der Waals surface area contributed by atoms with Crippen LogP contribution in [0.4, 0.5) is 0 Å². The van der Waals surface area contributed by atoms with Gasteiger partial charge in [-0.25, -0.2) is 0 Å². The second-order valence-corrected chi connectivity index (χ2v) is 5.83. The molecule has 0 aromatic heterocycles. The molecule has 0 saturated carbocycles. The minimum Gasteiger partial charge on any atom is -0.316 e. The maximum Gasteiger partial charge on any atom is 0.226 e. The highest BCUT2D eigenvalue weighted by atomic mass is 16.2. The number of rotatable bonds is 2. The van der Waals surface area contributed by atoms with Gasteiger partial charge in [0.2, 0.25) is 5.91 Å². The number of allylic oxidation sites excluding steroid dienone is 2. The highest BCUT2D eigenvalue weighted by Crippen LogP contribution is 2.30. The van der Waals surface area contributed by atoms with Crippen LogP contribution in [0, 0.1) is 5.41 Å². The Kier molecular flexibility index (Phi) is 3.58. The van der Waals surface area contributed by atoms with Gasteiger partial charge in [-0.15, -0.1) is 0 Å². The lowest BCUT2D eigenvalue weighted by atomic mass is 9.89. The Morgan fingerprint density at radius 3 is 2.27 bits per heavy atom. The fraction of sp³-hybridized carbons (Fsp3) is 0.769. The van der Waals surface area contributed by atoms with E-state index in [0.29, 0.717) is 5.91 Å². The van der Waals surface area contributed by atoms with Gasteiger partial charge < -0.3 is 4.90 Å². The Labute approximate surface area is 93.3 Å². The Balaban J connectivity index is 2.85. The van der Waals surface area contributed by atoms with E-state index in [0.717, 1.165) is 25.8 Å². The van der Waals surface area contributed by atoms with Crippen LogP contribution in [0.15, 0.2) is 11.3 Å². The van der Waals surface area contributed by atoms with Crippen LogP contribution in [0.25, 0.3) is 0 Å². The van der Waals surface area contributed by atoms with Gasteiger partial charge in [0.15, 0.2) is 0 Å². The van der Waals surface area contributed by atoms with Crippen molar-refractivity contribution in [3.05, 3.63) is 11.3 Å². The Morgan fingerprint density at radius 2 is 1.93 bits per heavy atom. The molecule has 1 rings (SSSR count). The molecule has 0 bridgehead atoms. The molecular formula is C13H23NO. The van der Waals surface area contributed by atoms with Gasteiger partial charge in [0, 0.05) is 18.7 Å². The van der Waals surface area contributed by atoms with Crippen molar-refractivity contribution in [1.29, 1.82) is 0 Å². The predicted molar refractivity (Wildman–Crippen MR) is 63.4 cm³/mol. The lowest BCUT2D eigenvalue weighted by molar-refractivity contribution is -0.126. The van der Waals surface area contributed by atoms with Crippen molar-refractivity contribution in [2.24, 2.45) is 5.41 Å². The van der Waals surface area contributed by atoms with Crippen molar-refractivity contribution in [3.8, 4) is 0 Å². The molecule has 2 heteroatoms. The molecule has 2 nitrogen and oxygen atoms in total. The van der Waals surface area contributed by atoms with E-state index >= 15 is 0 Å². The molecule has 1 fully saturated rings. The first-order chi connectivity index (χ1) is 6.81. The molecule has 0 N–H and O–H groups in total. The SMILES string of the molecule is CC(C)=C(CC(C)(C)C)N1CCCC1=O. The average Bonchev–Trinajstić information content (AvgIpc) is 2.45. The number of carbonyl (C=O) groups is 1. The minimum atomic E-state index is 0.246. The molecule has 1 aliphatic heterocycles. The predicted octanol–water partition coefficient (Wildman–Crippen LogP) is 3.34. The summed E-state index contributed by atoms with van der Waals surface area (Å²) in [5, 5.41) is 0. The number of amides is 1. The highest BCUT2D eigenvalue weighted by Gasteiger charge is 2.26. The van der Waals surface area contributed by atoms with E-state index in [-0.39, 0.29) is 5.41 Å². The number of hydrogen-bond donors (Lipinski definition) is 0. The summed E-state index contributed by atoms with van der Waals surface area (Å²) in [7, 11) is 0. The summed E-state index contributed by atoms with van der Waals surface area (Å²) in [6.45, 7) is 11.8. The molecule has 0 aliphatic carbocycles. The second-order valence-electron chi connectivity index (χ2n) is 5.83. The van der Waals surface area contributed by atoms with Crippen molar-refractivity contribution in [2.75, 3.05) is 6.54 Å². The molecule has 1 aliphatic rings. The summed E-state index contributed by atoms with van der Waals surface area (Å²) in [5.41, 5.74) is 2.76. The molecule has 0 radical (unpaired) electrons. The number of carbonyl (C=O) groups excluding carboxylic acids is 1. The fourth-order valence-electron chi connectivity index (χ4n) is 1.98. The van der Waals surface area contributed by atoms with Crippen molar-refractivity contribution >= 4 is 5.91 Å². The monoisotopic (exact) mass is 209 g/mol.